The highest BCUT2D eigenvalue weighted by Gasteiger charge is 2.39. The summed E-state index contributed by atoms with van der Waals surface area (Å²) in [5, 5.41) is 2.93. The second-order valence-electron chi connectivity index (χ2n) is 8.82. The Morgan fingerprint density at radius 3 is 2.61 bits per heavy atom. The van der Waals surface area contributed by atoms with E-state index in [2.05, 4.69) is 10.2 Å². The van der Waals surface area contributed by atoms with Crippen molar-refractivity contribution >= 4 is 17.9 Å². The molecule has 1 aromatic heterocycles. The Hall–Kier alpha value is -3.79. The summed E-state index contributed by atoms with van der Waals surface area (Å²) in [6.07, 6.45) is 1.49. The first-order valence-electron chi connectivity index (χ1n) is 12.0. The Labute approximate surface area is 210 Å². The van der Waals surface area contributed by atoms with Crippen molar-refractivity contribution in [1.29, 1.82) is 0 Å². The Bertz CT molecular complexity index is 1150. The molecule has 2 aliphatic heterocycles. The number of rotatable bonds is 7. The number of carbonyl (C=O) groups is 3. The molecule has 3 heterocycles. The lowest BCUT2D eigenvalue weighted by molar-refractivity contribution is -0.139. The van der Waals surface area contributed by atoms with Crippen LogP contribution in [0, 0.1) is 0 Å². The largest absolute Gasteiger partial charge is 0.496 e. The number of nitrogens with one attached hydrogen (secondary N) is 1. The number of urea groups is 1. The summed E-state index contributed by atoms with van der Waals surface area (Å²) in [7, 11) is 3.19. The van der Waals surface area contributed by atoms with Crippen LogP contribution in [-0.2, 0) is 9.53 Å². The average Bonchev–Trinajstić information content (AvgIpc) is 3.41. The SMILES string of the molecule is CCOC(=O)C1=C(CN2CCN(C(=O)c3ccco3)[C@@H](C)C2)N(C)C(=O)N[C@H]1c1ccccc1OC. The van der Waals surface area contributed by atoms with Crippen LogP contribution >= 0.6 is 0 Å². The van der Waals surface area contributed by atoms with Gasteiger partial charge in [-0.25, -0.2) is 9.59 Å². The Balaban J connectivity index is 1.64. The molecule has 1 saturated heterocycles. The molecule has 10 nitrogen and oxygen atoms in total. The number of amides is 3. The van der Waals surface area contributed by atoms with Gasteiger partial charge in [0.15, 0.2) is 5.76 Å². The number of furan rings is 1. The Kier molecular flexibility index (Phi) is 7.64. The fourth-order valence-corrected chi connectivity index (χ4v) is 4.77. The van der Waals surface area contributed by atoms with Crippen LogP contribution in [0.1, 0.15) is 36.0 Å². The minimum absolute atomic E-state index is 0.0873. The van der Waals surface area contributed by atoms with Gasteiger partial charge in [0.25, 0.3) is 5.91 Å². The van der Waals surface area contributed by atoms with E-state index in [0.717, 1.165) is 0 Å². The monoisotopic (exact) mass is 496 g/mol. The van der Waals surface area contributed by atoms with Gasteiger partial charge < -0.3 is 24.1 Å². The van der Waals surface area contributed by atoms with Crippen molar-refractivity contribution in [3.05, 3.63) is 65.3 Å². The van der Waals surface area contributed by atoms with E-state index in [4.69, 9.17) is 13.9 Å². The van der Waals surface area contributed by atoms with E-state index in [1.807, 2.05) is 25.1 Å². The highest BCUT2D eigenvalue weighted by atomic mass is 16.5. The van der Waals surface area contributed by atoms with Gasteiger partial charge in [-0.1, -0.05) is 18.2 Å². The normalized spacial score (nSPS) is 20.8. The maximum Gasteiger partial charge on any atom is 0.338 e. The molecular weight excluding hydrogens is 464 g/mol. The van der Waals surface area contributed by atoms with Gasteiger partial charge in [-0.05, 0) is 32.0 Å². The van der Waals surface area contributed by atoms with E-state index < -0.39 is 12.0 Å². The predicted octanol–water partition coefficient (Wildman–Crippen LogP) is 2.65. The van der Waals surface area contributed by atoms with Crippen molar-refractivity contribution in [3.63, 3.8) is 0 Å². The molecule has 0 bridgehead atoms. The molecular formula is C26H32N4O6. The fraction of sp³-hybridized carbons (Fsp3) is 0.423. The van der Waals surface area contributed by atoms with Crippen LogP contribution in [0.25, 0.3) is 0 Å². The number of hydrogen-bond acceptors (Lipinski definition) is 7. The highest BCUT2D eigenvalue weighted by Crippen LogP contribution is 2.36. The molecule has 192 valence electrons. The van der Waals surface area contributed by atoms with Crippen molar-refractivity contribution < 1.29 is 28.3 Å². The Morgan fingerprint density at radius 2 is 1.94 bits per heavy atom. The zero-order chi connectivity index (χ0) is 25.8. The van der Waals surface area contributed by atoms with E-state index in [9.17, 15) is 14.4 Å². The third-order valence-electron chi connectivity index (χ3n) is 6.60. The van der Waals surface area contributed by atoms with Crippen molar-refractivity contribution in [2.24, 2.45) is 0 Å². The molecule has 0 aliphatic carbocycles. The lowest BCUT2D eigenvalue weighted by Gasteiger charge is -2.42. The predicted molar refractivity (Wildman–Crippen MR) is 131 cm³/mol. The molecule has 4 rings (SSSR count). The van der Waals surface area contributed by atoms with Gasteiger partial charge >= 0.3 is 12.0 Å². The third-order valence-corrected chi connectivity index (χ3v) is 6.60. The van der Waals surface area contributed by atoms with Crippen LogP contribution < -0.4 is 10.1 Å². The number of piperazine rings is 1. The Morgan fingerprint density at radius 1 is 1.17 bits per heavy atom. The van der Waals surface area contributed by atoms with Gasteiger partial charge in [-0.3, -0.25) is 14.6 Å². The number of esters is 1. The molecule has 2 atom stereocenters. The number of benzene rings is 1. The smallest absolute Gasteiger partial charge is 0.338 e. The van der Waals surface area contributed by atoms with Crippen molar-refractivity contribution in [1.82, 2.24) is 20.0 Å². The van der Waals surface area contributed by atoms with Crippen LogP contribution in [-0.4, -0.2) is 85.6 Å². The molecule has 0 saturated carbocycles. The van der Waals surface area contributed by atoms with Crippen molar-refractivity contribution in [2.45, 2.75) is 25.9 Å². The topological polar surface area (TPSA) is 105 Å². The second-order valence-corrected chi connectivity index (χ2v) is 8.82. The summed E-state index contributed by atoms with van der Waals surface area (Å²) in [6, 6.07) is 9.50. The standard InChI is InChI=1S/C26H32N4O6/c1-5-35-25(32)22-19(28(3)26(33)27-23(22)18-9-6-7-10-20(18)34-4)16-29-12-13-30(17(2)15-29)24(31)21-11-8-14-36-21/h6-11,14,17,23H,5,12-13,15-16H2,1-4H3,(H,27,33)/t17-,23-/m0/s1. The molecule has 36 heavy (non-hydrogen) atoms. The quantitative estimate of drug-likeness (QED) is 0.588. The number of para-hydroxylation sites is 1. The maximum atomic E-state index is 13.2. The molecule has 10 heteroatoms. The van der Waals surface area contributed by atoms with Crippen LogP contribution in [0.3, 0.4) is 0 Å². The summed E-state index contributed by atoms with van der Waals surface area (Å²) in [4.78, 5) is 44.4. The lowest BCUT2D eigenvalue weighted by atomic mass is 9.93. The molecule has 1 N–H and O–H groups in total. The summed E-state index contributed by atoms with van der Waals surface area (Å²) in [5.41, 5.74) is 1.60. The van der Waals surface area contributed by atoms with Crippen LogP contribution in [0.15, 0.2) is 58.3 Å². The van der Waals surface area contributed by atoms with Crippen LogP contribution in [0.4, 0.5) is 4.79 Å². The fourth-order valence-electron chi connectivity index (χ4n) is 4.77. The zero-order valence-electron chi connectivity index (χ0n) is 21.0. The lowest BCUT2D eigenvalue weighted by Crippen LogP contribution is -2.56. The highest BCUT2D eigenvalue weighted by molar-refractivity contribution is 5.95. The number of hydrogen-bond donors (Lipinski definition) is 1. The number of ether oxygens (including phenoxy) is 2. The molecule has 1 aromatic carbocycles. The van der Waals surface area contributed by atoms with Gasteiger partial charge in [-0.15, -0.1) is 0 Å². The van der Waals surface area contributed by atoms with Gasteiger partial charge in [-0.2, -0.15) is 0 Å². The van der Waals surface area contributed by atoms with Crippen molar-refractivity contribution in [2.75, 3.05) is 46.9 Å². The first-order valence-corrected chi connectivity index (χ1v) is 12.0. The van der Waals surface area contributed by atoms with E-state index >= 15 is 0 Å². The summed E-state index contributed by atoms with van der Waals surface area (Å²) < 4.78 is 16.2. The maximum absolute atomic E-state index is 13.2. The third kappa shape index (κ3) is 4.94. The number of nitrogens with zero attached hydrogens (tertiary/aromatic N) is 3. The molecule has 2 aromatic rings. The molecule has 3 amide bonds. The molecule has 1 fully saturated rings. The summed E-state index contributed by atoms with van der Waals surface area (Å²) in [5.74, 6) is 0.233. The number of methoxy groups -OCH3 is 1. The molecule has 0 spiro atoms. The minimum Gasteiger partial charge on any atom is -0.496 e. The van der Waals surface area contributed by atoms with Gasteiger partial charge in [0, 0.05) is 50.5 Å². The first-order chi connectivity index (χ1) is 17.3. The van der Waals surface area contributed by atoms with E-state index in [0.29, 0.717) is 54.5 Å². The molecule has 0 unspecified atom stereocenters. The van der Waals surface area contributed by atoms with E-state index in [-0.39, 0.29) is 24.6 Å². The van der Waals surface area contributed by atoms with E-state index in [1.165, 1.54) is 11.2 Å². The van der Waals surface area contributed by atoms with Gasteiger partial charge in [0.1, 0.15) is 5.75 Å². The van der Waals surface area contributed by atoms with Gasteiger partial charge in [0.05, 0.1) is 31.6 Å². The summed E-state index contributed by atoms with van der Waals surface area (Å²) in [6.45, 7) is 5.91. The zero-order valence-corrected chi connectivity index (χ0v) is 21.0. The van der Waals surface area contributed by atoms with E-state index in [1.54, 1.807) is 44.2 Å². The first kappa shape index (κ1) is 25.3. The second kappa shape index (κ2) is 10.9. The number of carbonyl (C=O) groups excluding carboxylic acids is 3. The van der Waals surface area contributed by atoms with Crippen LogP contribution in [0.5, 0.6) is 5.75 Å². The molecule has 0 radical (unpaired) electrons. The average molecular weight is 497 g/mol. The van der Waals surface area contributed by atoms with Crippen molar-refractivity contribution in [3.8, 4) is 5.75 Å². The molecule has 2 aliphatic rings. The van der Waals surface area contributed by atoms with Crippen LogP contribution in [0.2, 0.25) is 0 Å². The number of likely N-dealkylation sites (N-methyl/N-ethyl adjacent to an activating group) is 1. The summed E-state index contributed by atoms with van der Waals surface area (Å²) >= 11 is 0. The minimum atomic E-state index is -0.724. The van der Waals surface area contributed by atoms with Gasteiger partial charge in [0.2, 0.25) is 0 Å².